The summed E-state index contributed by atoms with van der Waals surface area (Å²) in [5.41, 5.74) is 1.87. The minimum Gasteiger partial charge on any atom is -0.497 e. The third kappa shape index (κ3) is 4.75. The van der Waals surface area contributed by atoms with Crippen LogP contribution in [-0.2, 0) is 11.3 Å². The van der Waals surface area contributed by atoms with Gasteiger partial charge in [-0.2, -0.15) is 0 Å². The molecule has 0 saturated carbocycles. The van der Waals surface area contributed by atoms with Crippen LogP contribution in [0.25, 0.3) is 0 Å². The van der Waals surface area contributed by atoms with Crippen LogP contribution in [0.2, 0.25) is 0 Å². The highest BCUT2D eigenvalue weighted by Crippen LogP contribution is 2.24. The number of benzene rings is 2. The Bertz CT molecular complexity index is 850. The highest BCUT2D eigenvalue weighted by Gasteiger charge is 2.31. The normalized spacial score (nSPS) is 20.3. The summed E-state index contributed by atoms with van der Waals surface area (Å²) in [5, 5.41) is 0. The molecule has 1 atom stereocenters. The number of hydrogen-bond donors (Lipinski definition) is 0. The van der Waals surface area contributed by atoms with E-state index in [1.165, 1.54) is 6.07 Å². The van der Waals surface area contributed by atoms with Gasteiger partial charge < -0.3 is 14.5 Å². The van der Waals surface area contributed by atoms with Crippen LogP contribution in [0.3, 0.4) is 0 Å². The summed E-state index contributed by atoms with van der Waals surface area (Å²) < 4.78 is 19.2. The Balaban J connectivity index is 1.30. The number of carbonyl (C=O) groups excluding carboxylic acids is 1. The van der Waals surface area contributed by atoms with Crippen molar-refractivity contribution in [3.05, 3.63) is 59.9 Å². The van der Waals surface area contributed by atoms with Crippen molar-refractivity contribution in [1.29, 1.82) is 0 Å². The van der Waals surface area contributed by atoms with Crippen LogP contribution < -0.4 is 9.64 Å². The molecule has 0 N–H and O–H groups in total. The molecule has 1 amide bonds. The molecule has 0 bridgehead atoms. The number of halogens is 1. The number of rotatable bonds is 5. The minimum atomic E-state index is -0.166. The first-order chi connectivity index (χ1) is 14.6. The predicted molar refractivity (Wildman–Crippen MR) is 116 cm³/mol. The summed E-state index contributed by atoms with van der Waals surface area (Å²) in [6.45, 7) is 5.37. The molecule has 0 aromatic heterocycles. The summed E-state index contributed by atoms with van der Waals surface area (Å²) in [4.78, 5) is 19.7. The van der Waals surface area contributed by atoms with Crippen molar-refractivity contribution in [3.8, 4) is 5.75 Å². The van der Waals surface area contributed by atoms with Gasteiger partial charge in [0.15, 0.2) is 0 Å². The average Bonchev–Trinajstić information content (AvgIpc) is 2.80. The Morgan fingerprint density at radius 3 is 2.47 bits per heavy atom. The molecular formula is C24H30FN3O2. The molecule has 0 radical (unpaired) electrons. The SMILES string of the molecule is COc1ccc(N2CCN(C(=O)C3CCCN(Cc4ccccc4F)C3)CC2)cc1. The van der Waals surface area contributed by atoms with Crippen molar-refractivity contribution < 1.29 is 13.9 Å². The van der Waals surface area contributed by atoms with Gasteiger partial charge in [-0.15, -0.1) is 0 Å². The van der Waals surface area contributed by atoms with Gasteiger partial charge in [0, 0.05) is 50.5 Å². The number of piperidine rings is 1. The first-order valence-electron chi connectivity index (χ1n) is 10.8. The molecule has 2 saturated heterocycles. The van der Waals surface area contributed by atoms with Crippen LogP contribution in [0, 0.1) is 11.7 Å². The van der Waals surface area contributed by atoms with E-state index in [-0.39, 0.29) is 17.6 Å². The third-order valence-corrected chi connectivity index (χ3v) is 6.24. The van der Waals surface area contributed by atoms with Gasteiger partial charge in [0.25, 0.3) is 0 Å². The van der Waals surface area contributed by atoms with Gasteiger partial charge in [0.2, 0.25) is 5.91 Å². The Kier molecular flexibility index (Phi) is 6.53. The molecule has 2 aromatic carbocycles. The second-order valence-electron chi connectivity index (χ2n) is 8.18. The van der Waals surface area contributed by atoms with Crippen LogP contribution in [-0.4, -0.2) is 62.1 Å². The lowest BCUT2D eigenvalue weighted by atomic mass is 9.95. The van der Waals surface area contributed by atoms with E-state index in [1.807, 2.05) is 29.2 Å². The zero-order valence-electron chi connectivity index (χ0n) is 17.6. The van der Waals surface area contributed by atoms with Crippen molar-refractivity contribution in [2.45, 2.75) is 19.4 Å². The van der Waals surface area contributed by atoms with Crippen LogP contribution in [0.4, 0.5) is 10.1 Å². The van der Waals surface area contributed by atoms with Crippen molar-refractivity contribution in [2.24, 2.45) is 5.92 Å². The molecule has 5 nitrogen and oxygen atoms in total. The van der Waals surface area contributed by atoms with Gasteiger partial charge in [0.1, 0.15) is 11.6 Å². The number of anilines is 1. The van der Waals surface area contributed by atoms with Crippen LogP contribution in [0.15, 0.2) is 48.5 Å². The maximum Gasteiger partial charge on any atom is 0.227 e. The van der Waals surface area contributed by atoms with Gasteiger partial charge in [-0.1, -0.05) is 18.2 Å². The number of ether oxygens (including phenoxy) is 1. The Morgan fingerprint density at radius 2 is 1.77 bits per heavy atom. The van der Waals surface area contributed by atoms with E-state index in [1.54, 1.807) is 13.2 Å². The third-order valence-electron chi connectivity index (χ3n) is 6.24. The molecule has 2 aliphatic heterocycles. The van der Waals surface area contributed by atoms with Crippen molar-refractivity contribution in [2.75, 3.05) is 51.3 Å². The highest BCUT2D eigenvalue weighted by molar-refractivity contribution is 5.79. The van der Waals surface area contributed by atoms with Crippen LogP contribution >= 0.6 is 0 Å². The van der Waals surface area contributed by atoms with Crippen molar-refractivity contribution in [3.63, 3.8) is 0 Å². The van der Waals surface area contributed by atoms with Gasteiger partial charge in [-0.25, -0.2) is 4.39 Å². The fourth-order valence-corrected chi connectivity index (χ4v) is 4.50. The Labute approximate surface area is 178 Å². The van der Waals surface area contributed by atoms with Gasteiger partial charge in [-0.3, -0.25) is 9.69 Å². The summed E-state index contributed by atoms with van der Waals surface area (Å²) in [5.74, 6) is 0.950. The molecule has 30 heavy (non-hydrogen) atoms. The molecule has 2 aliphatic rings. The van der Waals surface area contributed by atoms with Crippen LogP contribution in [0.5, 0.6) is 5.75 Å². The Hall–Kier alpha value is -2.60. The maximum absolute atomic E-state index is 14.0. The van der Waals surface area contributed by atoms with Gasteiger partial charge in [-0.05, 0) is 49.7 Å². The van der Waals surface area contributed by atoms with E-state index in [4.69, 9.17) is 4.74 Å². The largest absolute Gasteiger partial charge is 0.497 e. The van der Waals surface area contributed by atoms with E-state index in [0.717, 1.165) is 57.0 Å². The van der Waals surface area contributed by atoms with Gasteiger partial charge >= 0.3 is 0 Å². The lowest BCUT2D eigenvalue weighted by Crippen LogP contribution is -2.52. The summed E-state index contributed by atoms with van der Waals surface area (Å²) in [6.07, 6.45) is 1.90. The standard InChI is InChI=1S/C24H30FN3O2/c1-30-22-10-8-21(9-11-22)27-13-15-28(16-14-27)24(29)20-6-4-12-26(18-20)17-19-5-2-3-7-23(19)25/h2-3,5,7-11,20H,4,6,12-18H2,1H3. The maximum atomic E-state index is 14.0. The number of methoxy groups -OCH3 is 1. The predicted octanol–water partition coefficient (Wildman–Crippen LogP) is 3.40. The number of hydrogen-bond acceptors (Lipinski definition) is 4. The van der Waals surface area contributed by atoms with E-state index in [0.29, 0.717) is 18.7 Å². The van der Waals surface area contributed by atoms with E-state index >= 15 is 0 Å². The lowest BCUT2D eigenvalue weighted by Gasteiger charge is -2.39. The first-order valence-corrected chi connectivity index (χ1v) is 10.8. The number of nitrogens with zero attached hydrogens (tertiary/aromatic N) is 3. The zero-order chi connectivity index (χ0) is 20.9. The van der Waals surface area contributed by atoms with E-state index < -0.39 is 0 Å². The molecule has 4 rings (SSSR count). The summed E-state index contributed by atoms with van der Waals surface area (Å²) in [7, 11) is 1.67. The van der Waals surface area contributed by atoms with E-state index in [2.05, 4.69) is 21.9 Å². The minimum absolute atomic E-state index is 0.0121. The summed E-state index contributed by atoms with van der Waals surface area (Å²) >= 11 is 0. The highest BCUT2D eigenvalue weighted by atomic mass is 19.1. The number of carbonyl (C=O) groups is 1. The fraction of sp³-hybridized carbons (Fsp3) is 0.458. The Morgan fingerprint density at radius 1 is 1.03 bits per heavy atom. The molecule has 1 unspecified atom stereocenters. The quantitative estimate of drug-likeness (QED) is 0.756. The molecule has 0 aliphatic carbocycles. The molecule has 0 spiro atoms. The first kappa shape index (κ1) is 20.7. The number of piperazine rings is 1. The second kappa shape index (κ2) is 9.47. The number of amides is 1. The monoisotopic (exact) mass is 411 g/mol. The van der Waals surface area contributed by atoms with E-state index in [9.17, 15) is 9.18 Å². The smallest absolute Gasteiger partial charge is 0.227 e. The second-order valence-corrected chi connectivity index (χ2v) is 8.18. The molecule has 2 heterocycles. The summed E-state index contributed by atoms with van der Waals surface area (Å²) in [6, 6.07) is 15.0. The van der Waals surface area contributed by atoms with Crippen LogP contribution in [0.1, 0.15) is 18.4 Å². The number of likely N-dealkylation sites (tertiary alicyclic amines) is 1. The molecule has 160 valence electrons. The molecular weight excluding hydrogens is 381 g/mol. The van der Waals surface area contributed by atoms with Gasteiger partial charge in [0.05, 0.1) is 13.0 Å². The molecule has 2 fully saturated rings. The molecule has 6 heteroatoms. The van der Waals surface area contributed by atoms with Crippen molar-refractivity contribution >= 4 is 11.6 Å². The fourth-order valence-electron chi connectivity index (χ4n) is 4.50. The van der Waals surface area contributed by atoms with Crippen molar-refractivity contribution in [1.82, 2.24) is 9.80 Å². The molecule has 2 aromatic rings. The average molecular weight is 412 g/mol. The zero-order valence-corrected chi connectivity index (χ0v) is 17.6. The lowest BCUT2D eigenvalue weighted by molar-refractivity contribution is -0.137. The topological polar surface area (TPSA) is 36.0 Å².